The molecule has 0 bridgehead atoms. The van der Waals surface area contributed by atoms with E-state index < -0.39 is 10.0 Å². The lowest BCUT2D eigenvalue weighted by atomic mass is 10.0. The smallest absolute Gasteiger partial charge is 0.243 e. The molecule has 0 spiro atoms. The van der Waals surface area contributed by atoms with E-state index in [0.29, 0.717) is 23.6 Å². The Hall–Kier alpha value is -2.05. The zero-order valence-electron chi connectivity index (χ0n) is 13.1. The van der Waals surface area contributed by atoms with E-state index in [0.717, 1.165) is 16.7 Å². The molecule has 0 saturated heterocycles. The van der Waals surface area contributed by atoms with E-state index in [1.807, 2.05) is 6.92 Å². The van der Waals surface area contributed by atoms with Gasteiger partial charge in [-0.2, -0.15) is 4.31 Å². The van der Waals surface area contributed by atoms with Gasteiger partial charge in [0.05, 0.1) is 4.90 Å². The van der Waals surface area contributed by atoms with E-state index >= 15 is 0 Å². The molecular weight excluding hydrogens is 312 g/mol. The molecule has 1 aromatic heterocycles. The van der Waals surface area contributed by atoms with Crippen molar-refractivity contribution in [3.05, 3.63) is 58.9 Å². The number of rotatable bonds is 3. The quantitative estimate of drug-likeness (QED) is 0.810. The Morgan fingerprint density at radius 3 is 2.52 bits per heavy atom. The summed E-state index contributed by atoms with van der Waals surface area (Å²) in [5.41, 5.74) is 3.25. The first kappa shape index (κ1) is 15.8. The second-order valence-corrected chi connectivity index (χ2v) is 7.73. The lowest BCUT2D eigenvalue weighted by molar-refractivity contribution is 0.101. The predicted molar refractivity (Wildman–Crippen MR) is 86.7 cm³/mol. The molecule has 5 nitrogen and oxygen atoms in total. The maximum atomic E-state index is 12.8. The van der Waals surface area contributed by atoms with Gasteiger partial charge in [0.1, 0.15) is 5.69 Å². The SMILES string of the molecule is CC(=O)c1cc2c(cn1)CCN(S(=O)(=O)c1ccc(C)cc1)C2. The van der Waals surface area contributed by atoms with Gasteiger partial charge in [0, 0.05) is 26.2 Å². The molecular formula is C17H18N2O3S. The van der Waals surface area contributed by atoms with Crippen LogP contribution in [0.1, 0.15) is 34.1 Å². The molecule has 3 rings (SSSR count). The van der Waals surface area contributed by atoms with Gasteiger partial charge < -0.3 is 0 Å². The van der Waals surface area contributed by atoms with Crippen LogP contribution in [0.2, 0.25) is 0 Å². The van der Waals surface area contributed by atoms with Crippen molar-refractivity contribution in [1.82, 2.24) is 9.29 Å². The first-order chi connectivity index (χ1) is 10.9. The summed E-state index contributed by atoms with van der Waals surface area (Å²) < 4.78 is 27.0. The molecule has 6 heteroatoms. The molecule has 23 heavy (non-hydrogen) atoms. The Bertz CT molecular complexity index is 858. The molecule has 2 aromatic rings. The summed E-state index contributed by atoms with van der Waals surface area (Å²) in [7, 11) is -3.53. The minimum atomic E-state index is -3.53. The van der Waals surface area contributed by atoms with Crippen LogP contribution < -0.4 is 0 Å². The minimum Gasteiger partial charge on any atom is -0.293 e. The van der Waals surface area contributed by atoms with Crippen molar-refractivity contribution in [3.63, 3.8) is 0 Å². The zero-order valence-corrected chi connectivity index (χ0v) is 13.9. The van der Waals surface area contributed by atoms with Crippen LogP contribution in [0.25, 0.3) is 0 Å². The fourth-order valence-corrected chi connectivity index (χ4v) is 4.09. The topological polar surface area (TPSA) is 67.3 Å². The van der Waals surface area contributed by atoms with Crippen LogP contribution in [0, 0.1) is 6.92 Å². The molecule has 2 heterocycles. The third kappa shape index (κ3) is 3.04. The minimum absolute atomic E-state index is 0.119. The number of hydrogen-bond donors (Lipinski definition) is 0. The Balaban J connectivity index is 1.93. The van der Waals surface area contributed by atoms with E-state index in [2.05, 4.69) is 4.98 Å². The molecule has 0 fully saturated rings. The van der Waals surface area contributed by atoms with E-state index in [1.54, 1.807) is 36.5 Å². The van der Waals surface area contributed by atoms with E-state index in [4.69, 9.17) is 0 Å². The molecule has 0 radical (unpaired) electrons. The van der Waals surface area contributed by atoms with Gasteiger partial charge in [0.15, 0.2) is 5.78 Å². The van der Waals surface area contributed by atoms with Gasteiger partial charge in [-0.25, -0.2) is 8.42 Å². The molecule has 0 atom stereocenters. The molecule has 0 N–H and O–H groups in total. The van der Waals surface area contributed by atoms with Gasteiger partial charge in [0.25, 0.3) is 0 Å². The van der Waals surface area contributed by atoms with Crippen molar-refractivity contribution in [2.45, 2.75) is 31.7 Å². The van der Waals surface area contributed by atoms with Crippen molar-refractivity contribution in [2.24, 2.45) is 0 Å². The molecule has 0 aliphatic carbocycles. The number of aryl methyl sites for hydroxylation is 1. The number of Topliss-reactive ketones (excluding diaryl/α,β-unsaturated/α-hetero) is 1. The maximum Gasteiger partial charge on any atom is 0.243 e. The zero-order chi connectivity index (χ0) is 16.6. The van der Waals surface area contributed by atoms with Gasteiger partial charge in [-0.15, -0.1) is 0 Å². The predicted octanol–water partition coefficient (Wildman–Crippen LogP) is 2.34. The highest BCUT2D eigenvalue weighted by atomic mass is 32.2. The number of carbonyl (C=O) groups excluding carboxylic acids is 1. The standard InChI is InChI=1S/C17H18N2O3S/c1-12-3-5-16(6-4-12)23(21,22)19-8-7-14-10-18-17(13(2)20)9-15(14)11-19/h3-6,9-10H,7-8,11H2,1-2H3. The number of aromatic nitrogens is 1. The number of fused-ring (bicyclic) bond motifs is 1. The van der Waals surface area contributed by atoms with Crippen molar-refractivity contribution < 1.29 is 13.2 Å². The molecule has 1 aliphatic rings. The Morgan fingerprint density at radius 2 is 1.87 bits per heavy atom. The Morgan fingerprint density at radius 1 is 1.17 bits per heavy atom. The van der Waals surface area contributed by atoms with Gasteiger partial charge in [-0.1, -0.05) is 17.7 Å². The molecule has 1 aromatic carbocycles. The average Bonchev–Trinajstić information content (AvgIpc) is 2.54. The third-order valence-electron chi connectivity index (χ3n) is 4.08. The molecule has 0 saturated carbocycles. The molecule has 1 aliphatic heterocycles. The van der Waals surface area contributed by atoms with Crippen LogP contribution in [0.3, 0.4) is 0 Å². The molecule has 0 unspecified atom stereocenters. The number of nitrogens with zero attached hydrogens (tertiary/aromatic N) is 2. The average molecular weight is 330 g/mol. The van der Waals surface area contributed by atoms with Crippen molar-refractivity contribution in [1.29, 1.82) is 0 Å². The third-order valence-corrected chi connectivity index (χ3v) is 5.94. The van der Waals surface area contributed by atoms with Crippen LogP contribution in [0.15, 0.2) is 41.4 Å². The maximum absolute atomic E-state index is 12.8. The summed E-state index contributed by atoms with van der Waals surface area (Å²) in [6, 6.07) is 8.56. The summed E-state index contributed by atoms with van der Waals surface area (Å²) >= 11 is 0. The van der Waals surface area contributed by atoms with Crippen LogP contribution >= 0.6 is 0 Å². The second kappa shape index (κ2) is 5.86. The first-order valence-corrected chi connectivity index (χ1v) is 8.87. The van der Waals surface area contributed by atoms with Crippen LogP contribution in [-0.4, -0.2) is 30.0 Å². The van der Waals surface area contributed by atoms with Gasteiger partial charge in [-0.3, -0.25) is 9.78 Å². The Labute approximate surface area is 136 Å². The number of pyridine rings is 1. The summed E-state index contributed by atoms with van der Waals surface area (Å²) in [6.45, 7) is 4.07. The fourth-order valence-electron chi connectivity index (χ4n) is 2.67. The lowest BCUT2D eigenvalue weighted by Gasteiger charge is -2.28. The lowest BCUT2D eigenvalue weighted by Crippen LogP contribution is -2.36. The van der Waals surface area contributed by atoms with Crippen LogP contribution in [0.5, 0.6) is 0 Å². The van der Waals surface area contributed by atoms with E-state index in [1.165, 1.54) is 11.2 Å². The number of carbonyl (C=O) groups is 1. The molecule has 0 amide bonds. The van der Waals surface area contributed by atoms with E-state index in [9.17, 15) is 13.2 Å². The highest BCUT2D eigenvalue weighted by Crippen LogP contribution is 2.25. The van der Waals surface area contributed by atoms with Crippen LogP contribution in [0.4, 0.5) is 0 Å². The summed E-state index contributed by atoms with van der Waals surface area (Å²) in [4.78, 5) is 15.9. The normalized spacial score (nSPS) is 15.2. The van der Waals surface area contributed by atoms with E-state index in [-0.39, 0.29) is 12.3 Å². The number of hydrogen-bond acceptors (Lipinski definition) is 4. The van der Waals surface area contributed by atoms with Crippen molar-refractivity contribution in [3.8, 4) is 0 Å². The summed E-state index contributed by atoms with van der Waals surface area (Å²) in [6.07, 6.45) is 2.29. The number of ketones is 1. The first-order valence-electron chi connectivity index (χ1n) is 7.43. The highest BCUT2D eigenvalue weighted by Gasteiger charge is 2.28. The fraction of sp³-hybridized carbons (Fsp3) is 0.294. The Kier molecular flexibility index (Phi) is 4.04. The van der Waals surface area contributed by atoms with Crippen LogP contribution in [-0.2, 0) is 23.0 Å². The van der Waals surface area contributed by atoms with Crippen molar-refractivity contribution in [2.75, 3.05) is 6.54 Å². The monoisotopic (exact) mass is 330 g/mol. The van der Waals surface area contributed by atoms with Crippen molar-refractivity contribution >= 4 is 15.8 Å². The number of sulfonamides is 1. The second-order valence-electron chi connectivity index (χ2n) is 5.80. The number of benzene rings is 1. The van der Waals surface area contributed by atoms with Gasteiger partial charge >= 0.3 is 0 Å². The highest BCUT2D eigenvalue weighted by molar-refractivity contribution is 7.89. The molecule has 120 valence electrons. The summed E-state index contributed by atoms with van der Waals surface area (Å²) in [5, 5.41) is 0. The van der Waals surface area contributed by atoms with Gasteiger partial charge in [0.2, 0.25) is 10.0 Å². The van der Waals surface area contributed by atoms with Gasteiger partial charge in [-0.05, 0) is 42.7 Å². The summed E-state index contributed by atoms with van der Waals surface area (Å²) in [5.74, 6) is -0.119. The largest absolute Gasteiger partial charge is 0.293 e.